The van der Waals surface area contributed by atoms with Crippen LogP contribution in [0.5, 0.6) is 0 Å². The van der Waals surface area contributed by atoms with Gasteiger partial charge in [0.25, 0.3) is 0 Å². The smallest absolute Gasteiger partial charge is 0.0542 e. The van der Waals surface area contributed by atoms with Crippen molar-refractivity contribution in [3.05, 3.63) is 218 Å². The second-order valence-corrected chi connectivity index (χ2v) is 18.4. The average Bonchev–Trinajstić information content (AvgIpc) is 4.16. The monoisotopic (exact) mass is 844 g/mol. The highest BCUT2D eigenvalue weighted by molar-refractivity contribution is 7.25. The van der Waals surface area contributed by atoms with Crippen LogP contribution in [0.15, 0.2) is 218 Å². The summed E-state index contributed by atoms with van der Waals surface area (Å²) in [4.78, 5) is 0. The molecule has 0 N–H and O–H groups in total. The number of aromatic nitrogens is 4. The van der Waals surface area contributed by atoms with Crippen LogP contribution >= 0.6 is 11.3 Å². The van der Waals surface area contributed by atoms with E-state index in [-0.39, 0.29) is 0 Å². The Morgan fingerprint density at radius 1 is 0.200 bits per heavy atom. The summed E-state index contributed by atoms with van der Waals surface area (Å²) in [5, 5.41) is 12.6. The number of thiophene rings is 1. The van der Waals surface area contributed by atoms with E-state index in [0.717, 1.165) is 22.7 Å². The highest BCUT2D eigenvalue weighted by Crippen LogP contribution is 2.42. The van der Waals surface area contributed by atoms with Crippen LogP contribution in [0.4, 0.5) is 0 Å². The van der Waals surface area contributed by atoms with Crippen LogP contribution in [0.2, 0.25) is 0 Å². The van der Waals surface area contributed by atoms with Gasteiger partial charge >= 0.3 is 0 Å². The number of hydrogen-bond acceptors (Lipinski definition) is 1. The van der Waals surface area contributed by atoms with Crippen molar-refractivity contribution in [1.29, 1.82) is 0 Å². The van der Waals surface area contributed by atoms with E-state index in [1.807, 2.05) is 11.3 Å². The second kappa shape index (κ2) is 13.1. The molecule has 0 atom stereocenters. The van der Waals surface area contributed by atoms with Crippen molar-refractivity contribution in [3.63, 3.8) is 0 Å². The third-order valence-electron chi connectivity index (χ3n) is 13.9. The van der Waals surface area contributed by atoms with Crippen LogP contribution in [0, 0.1) is 0 Å². The fourth-order valence-corrected chi connectivity index (χ4v) is 12.3. The van der Waals surface area contributed by atoms with Gasteiger partial charge in [0.1, 0.15) is 0 Å². The summed E-state index contributed by atoms with van der Waals surface area (Å²) < 4.78 is 12.3. The molecule has 4 nitrogen and oxygen atoms in total. The van der Waals surface area contributed by atoms with Gasteiger partial charge in [-0.2, -0.15) is 0 Å². The van der Waals surface area contributed by atoms with Gasteiger partial charge in [-0.15, -0.1) is 11.3 Å². The van der Waals surface area contributed by atoms with Crippen molar-refractivity contribution in [1.82, 2.24) is 18.3 Å². The minimum absolute atomic E-state index is 1.16. The lowest BCUT2D eigenvalue weighted by atomic mass is 10.1. The normalized spacial score (nSPS) is 12.3. The molecule has 5 heteroatoms. The lowest BCUT2D eigenvalue weighted by Gasteiger charge is -2.11. The molecule has 302 valence electrons. The van der Waals surface area contributed by atoms with E-state index < -0.39 is 0 Å². The highest BCUT2D eigenvalue weighted by Gasteiger charge is 2.20. The van der Waals surface area contributed by atoms with Gasteiger partial charge in [0.15, 0.2) is 0 Å². The molecular formula is C60H36N4S. The van der Waals surface area contributed by atoms with Crippen LogP contribution in [0.3, 0.4) is 0 Å². The van der Waals surface area contributed by atoms with E-state index in [1.54, 1.807) is 0 Å². The fraction of sp³-hybridized carbons (Fsp3) is 0. The molecule has 10 aromatic carbocycles. The Kier molecular flexibility index (Phi) is 7.07. The van der Waals surface area contributed by atoms with Crippen LogP contribution < -0.4 is 0 Å². The minimum atomic E-state index is 1.16. The van der Waals surface area contributed by atoms with E-state index in [0.29, 0.717) is 0 Å². The van der Waals surface area contributed by atoms with Crippen molar-refractivity contribution in [3.8, 4) is 22.7 Å². The third-order valence-corrected chi connectivity index (χ3v) is 15.1. The van der Waals surface area contributed by atoms with E-state index in [9.17, 15) is 0 Å². The van der Waals surface area contributed by atoms with Gasteiger partial charge in [0.2, 0.25) is 0 Å². The molecule has 0 bridgehead atoms. The van der Waals surface area contributed by atoms with E-state index in [2.05, 4.69) is 237 Å². The first kappa shape index (κ1) is 35.1. The van der Waals surface area contributed by atoms with Crippen molar-refractivity contribution in [2.75, 3.05) is 0 Å². The molecule has 5 aromatic heterocycles. The Hall–Kier alpha value is -8.38. The zero-order valence-corrected chi connectivity index (χ0v) is 35.8. The molecule has 5 heterocycles. The maximum atomic E-state index is 2.45. The van der Waals surface area contributed by atoms with E-state index in [4.69, 9.17) is 0 Å². The zero-order valence-electron chi connectivity index (χ0n) is 35.0. The third kappa shape index (κ3) is 4.85. The number of rotatable bonds is 4. The van der Waals surface area contributed by atoms with E-state index in [1.165, 1.54) is 107 Å². The van der Waals surface area contributed by atoms with Crippen LogP contribution in [-0.4, -0.2) is 18.3 Å². The maximum absolute atomic E-state index is 2.45. The Morgan fingerprint density at radius 2 is 0.431 bits per heavy atom. The molecule has 0 radical (unpaired) electrons. The van der Waals surface area contributed by atoms with E-state index >= 15 is 0 Å². The Morgan fingerprint density at radius 3 is 0.738 bits per heavy atom. The summed E-state index contributed by atoms with van der Waals surface area (Å²) in [7, 11) is 0. The number of benzene rings is 10. The summed E-state index contributed by atoms with van der Waals surface area (Å²) >= 11 is 1.87. The Bertz CT molecular complexity index is 4100. The quantitative estimate of drug-likeness (QED) is 0.168. The molecule has 0 fully saturated rings. The first-order valence-electron chi connectivity index (χ1n) is 22.3. The van der Waals surface area contributed by atoms with Crippen LogP contribution in [-0.2, 0) is 0 Å². The molecule has 0 aliphatic heterocycles. The van der Waals surface area contributed by atoms with Gasteiger partial charge < -0.3 is 18.3 Å². The summed E-state index contributed by atoms with van der Waals surface area (Å²) in [5.41, 5.74) is 14.3. The molecule has 0 saturated heterocycles. The van der Waals surface area contributed by atoms with Gasteiger partial charge in [-0.25, -0.2) is 0 Å². The van der Waals surface area contributed by atoms with Gasteiger partial charge in [-0.3, -0.25) is 0 Å². The van der Waals surface area contributed by atoms with Crippen molar-refractivity contribution >= 4 is 119 Å². The second-order valence-electron chi connectivity index (χ2n) is 17.3. The van der Waals surface area contributed by atoms with Gasteiger partial charge in [-0.1, -0.05) is 109 Å². The molecule has 0 aliphatic rings. The van der Waals surface area contributed by atoms with Gasteiger partial charge in [-0.05, 0) is 109 Å². The molecule has 0 amide bonds. The Labute approximate surface area is 376 Å². The summed E-state index contributed by atoms with van der Waals surface area (Å²) in [5.74, 6) is 0. The standard InChI is InChI=1S/C60H36N4S/c1-7-19-51-41(13-1)42-14-2-8-20-52(42)61(51)37-25-29-57-47(33-37)45-17-5-11-23-55(45)63(57)39-27-31-59-49(35-39)50-36-40(28-32-60(50)65-59)64-56-24-12-6-18-46(56)48-34-38(26-30-58(48)64)62-53-21-9-3-15-43(53)44-16-4-10-22-54(44)62/h1-36H. The lowest BCUT2D eigenvalue weighted by molar-refractivity contribution is 1.17. The SMILES string of the molecule is c1ccc2c(c1)c1ccccc1n2-c1ccc2c(c1)c1ccccc1n2-c1ccc2sc3ccc(-n4c5ccccc5c5cc(-n6c7ccccc7c7ccccc76)ccc54)cc3c2c1. The summed E-state index contributed by atoms with van der Waals surface area (Å²) in [6.45, 7) is 0. The van der Waals surface area contributed by atoms with Crippen molar-refractivity contribution < 1.29 is 0 Å². The minimum Gasteiger partial charge on any atom is -0.309 e. The first-order valence-corrected chi connectivity index (χ1v) is 23.1. The predicted molar refractivity (Wildman–Crippen MR) is 277 cm³/mol. The van der Waals surface area contributed by atoms with Crippen molar-refractivity contribution in [2.45, 2.75) is 0 Å². The van der Waals surface area contributed by atoms with Crippen molar-refractivity contribution in [2.24, 2.45) is 0 Å². The number of para-hydroxylation sites is 6. The number of fused-ring (bicyclic) bond motifs is 15. The highest BCUT2D eigenvalue weighted by atomic mass is 32.1. The average molecular weight is 845 g/mol. The van der Waals surface area contributed by atoms with Crippen LogP contribution in [0.1, 0.15) is 0 Å². The van der Waals surface area contributed by atoms with Crippen LogP contribution in [0.25, 0.3) is 130 Å². The topological polar surface area (TPSA) is 19.7 Å². The molecule has 0 unspecified atom stereocenters. The molecule has 0 spiro atoms. The molecule has 15 aromatic rings. The molecule has 65 heavy (non-hydrogen) atoms. The fourth-order valence-electron chi connectivity index (χ4n) is 11.2. The largest absolute Gasteiger partial charge is 0.309 e. The predicted octanol–water partition coefficient (Wildman–Crippen LogP) is 16.4. The first-order chi connectivity index (χ1) is 32.2. The number of nitrogens with zero attached hydrogens (tertiary/aromatic N) is 4. The zero-order chi connectivity index (χ0) is 42.3. The van der Waals surface area contributed by atoms with Gasteiger partial charge in [0, 0.05) is 86.0 Å². The molecular weight excluding hydrogens is 809 g/mol. The maximum Gasteiger partial charge on any atom is 0.0542 e. The number of hydrogen-bond donors (Lipinski definition) is 0. The Balaban J connectivity index is 0.900. The summed E-state index contributed by atoms with van der Waals surface area (Å²) in [6.07, 6.45) is 0. The molecule has 15 rings (SSSR count). The molecule has 0 saturated carbocycles. The van der Waals surface area contributed by atoms with Gasteiger partial charge in [0.05, 0.1) is 44.1 Å². The lowest BCUT2D eigenvalue weighted by Crippen LogP contribution is -1.96. The molecule has 0 aliphatic carbocycles. The summed E-state index contributed by atoms with van der Waals surface area (Å²) in [6, 6.07) is 80.7.